The quantitative estimate of drug-likeness (QED) is 0.521. The minimum atomic E-state index is -1.06. The lowest BCUT2D eigenvalue weighted by Gasteiger charge is -1.87. The standard InChI is InChI=1S/C4H6O3.C4H8O2/c1-3(5)2-4(6)7;1-3-4(5)6-2/h2H2,1H3,(H,6,7);3H2,1-2H3. The molecule has 0 fully saturated rings. The van der Waals surface area contributed by atoms with E-state index in [1.807, 2.05) is 0 Å². The SMILES string of the molecule is CC(=O)CC(=O)O.CCC(=O)OC. The first-order valence-electron chi connectivity index (χ1n) is 3.72. The molecule has 76 valence electrons. The van der Waals surface area contributed by atoms with Crippen LogP contribution in [0.4, 0.5) is 0 Å². The van der Waals surface area contributed by atoms with Crippen LogP contribution in [0.5, 0.6) is 0 Å². The van der Waals surface area contributed by atoms with Gasteiger partial charge in [-0.1, -0.05) is 6.92 Å². The predicted octanol–water partition coefficient (Wildman–Crippen LogP) is 0.619. The fourth-order valence-corrected chi connectivity index (χ4v) is 0.357. The van der Waals surface area contributed by atoms with Crippen LogP contribution in [0.15, 0.2) is 0 Å². The van der Waals surface area contributed by atoms with Crippen LogP contribution in [0.1, 0.15) is 26.7 Å². The van der Waals surface area contributed by atoms with Crippen molar-refractivity contribution >= 4 is 17.7 Å². The number of ether oxygens (including phenoxy) is 1. The summed E-state index contributed by atoms with van der Waals surface area (Å²) >= 11 is 0. The van der Waals surface area contributed by atoms with Crippen LogP contribution >= 0.6 is 0 Å². The fraction of sp³-hybridized carbons (Fsp3) is 0.625. The second kappa shape index (κ2) is 8.70. The molecule has 5 nitrogen and oxygen atoms in total. The number of methoxy groups -OCH3 is 1. The number of esters is 1. The van der Waals surface area contributed by atoms with E-state index >= 15 is 0 Å². The van der Waals surface area contributed by atoms with Gasteiger partial charge in [-0.2, -0.15) is 0 Å². The molecule has 0 bridgehead atoms. The summed E-state index contributed by atoms with van der Waals surface area (Å²) in [6.45, 7) is 3.00. The summed E-state index contributed by atoms with van der Waals surface area (Å²) in [6, 6.07) is 0. The van der Waals surface area contributed by atoms with E-state index in [0.29, 0.717) is 6.42 Å². The Hall–Kier alpha value is -1.39. The molecule has 0 aromatic rings. The zero-order valence-corrected chi connectivity index (χ0v) is 7.99. The number of hydrogen-bond acceptors (Lipinski definition) is 4. The van der Waals surface area contributed by atoms with Gasteiger partial charge in [0, 0.05) is 6.42 Å². The Kier molecular flexibility index (Phi) is 9.48. The van der Waals surface area contributed by atoms with E-state index in [2.05, 4.69) is 4.74 Å². The molecule has 0 atom stereocenters. The topological polar surface area (TPSA) is 80.7 Å². The molecule has 0 aliphatic rings. The molecule has 0 saturated heterocycles. The van der Waals surface area contributed by atoms with Crippen molar-refractivity contribution < 1.29 is 24.2 Å². The van der Waals surface area contributed by atoms with Gasteiger partial charge in [-0.05, 0) is 6.92 Å². The summed E-state index contributed by atoms with van der Waals surface area (Å²) < 4.78 is 4.26. The molecule has 0 aromatic carbocycles. The van der Waals surface area contributed by atoms with Crippen molar-refractivity contribution in [1.29, 1.82) is 0 Å². The lowest BCUT2D eigenvalue weighted by molar-refractivity contribution is -0.141. The molecule has 0 spiro atoms. The van der Waals surface area contributed by atoms with E-state index in [1.54, 1.807) is 6.92 Å². The van der Waals surface area contributed by atoms with Gasteiger partial charge in [-0.15, -0.1) is 0 Å². The Bertz CT molecular complexity index is 167. The third-order valence-electron chi connectivity index (χ3n) is 0.917. The first kappa shape index (κ1) is 14.2. The van der Waals surface area contributed by atoms with Crippen molar-refractivity contribution in [3.63, 3.8) is 0 Å². The van der Waals surface area contributed by atoms with Crippen LogP contribution in [0.25, 0.3) is 0 Å². The lowest BCUT2D eigenvalue weighted by atomic mass is 10.3. The van der Waals surface area contributed by atoms with Crippen LogP contribution in [0.3, 0.4) is 0 Å². The first-order valence-corrected chi connectivity index (χ1v) is 3.72. The number of carbonyl (C=O) groups is 3. The maximum absolute atomic E-state index is 9.96. The van der Waals surface area contributed by atoms with Crippen molar-refractivity contribution in [3.8, 4) is 0 Å². The fourth-order valence-electron chi connectivity index (χ4n) is 0.357. The summed E-state index contributed by atoms with van der Waals surface area (Å²) in [5.74, 6) is -1.53. The molecule has 1 N–H and O–H groups in total. The van der Waals surface area contributed by atoms with Crippen molar-refractivity contribution in [3.05, 3.63) is 0 Å². The van der Waals surface area contributed by atoms with Crippen molar-refractivity contribution in [2.24, 2.45) is 0 Å². The second-order valence-corrected chi connectivity index (χ2v) is 2.20. The number of carboxylic acid groups (broad SMARTS) is 1. The highest BCUT2D eigenvalue weighted by molar-refractivity contribution is 5.93. The van der Waals surface area contributed by atoms with E-state index in [9.17, 15) is 14.4 Å². The van der Waals surface area contributed by atoms with Gasteiger partial charge in [0.15, 0.2) is 0 Å². The average Bonchev–Trinajstić information content (AvgIpc) is 2.01. The van der Waals surface area contributed by atoms with Gasteiger partial charge >= 0.3 is 11.9 Å². The first-order chi connectivity index (χ1) is 5.93. The summed E-state index contributed by atoms with van der Waals surface area (Å²) in [4.78, 5) is 29.4. The van der Waals surface area contributed by atoms with Crippen LogP contribution < -0.4 is 0 Å². The monoisotopic (exact) mass is 190 g/mol. The molecule has 0 aliphatic heterocycles. The Morgan fingerprint density at radius 3 is 1.77 bits per heavy atom. The maximum Gasteiger partial charge on any atom is 0.310 e. The molecular formula is C8H14O5. The third-order valence-corrected chi connectivity index (χ3v) is 0.917. The Morgan fingerprint density at radius 2 is 1.77 bits per heavy atom. The van der Waals surface area contributed by atoms with Crippen LogP contribution in [0.2, 0.25) is 0 Å². The van der Waals surface area contributed by atoms with E-state index in [0.717, 1.165) is 0 Å². The zero-order valence-electron chi connectivity index (χ0n) is 7.99. The largest absolute Gasteiger partial charge is 0.481 e. The molecule has 0 radical (unpaired) electrons. The number of aliphatic carboxylic acids is 1. The third kappa shape index (κ3) is 18.0. The van der Waals surface area contributed by atoms with Gasteiger partial charge in [0.05, 0.1) is 7.11 Å². The molecule has 0 aromatic heterocycles. The number of carboxylic acids is 1. The number of hydrogen-bond donors (Lipinski definition) is 1. The number of ketones is 1. The molecular weight excluding hydrogens is 176 g/mol. The van der Waals surface area contributed by atoms with Crippen LogP contribution in [-0.2, 0) is 19.1 Å². The van der Waals surface area contributed by atoms with Crippen LogP contribution in [0, 0.1) is 0 Å². The van der Waals surface area contributed by atoms with Gasteiger partial charge in [-0.25, -0.2) is 0 Å². The summed E-state index contributed by atoms with van der Waals surface area (Å²) in [5.41, 5.74) is 0. The minimum absolute atomic E-state index is 0.157. The molecule has 0 amide bonds. The average molecular weight is 190 g/mol. The van der Waals surface area contributed by atoms with Gasteiger partial charge in [0.25, 0.3) is 0 Å². The molecule has 0 saturated carbocycles. The number of rotatable bonds is 3. The van der Waals surface area contributed by atoms with E-state index in [4.69, 9.17) is 5.11 Å². The lowest BCUT2D eigenvalue weighted by Crippen LogP contribution is -2.00. The highest BCUT2D eigenvalue weighted by atomic mass is 16.5. The predicted molar refractivity (Wildman–Crippen MR) is 45.2 cm³/mol. The van der Waals surface area contributed by atoms with Gasteiger partial charge in [-0.3, -0.25) is 14.4 Å². The maximum atomic E-state index is 9.96. The molecule has 0 unspecified atom stereocenters. The number of carbonyl (C=O) groups excluding carboxylic acids is 2. The Morgan fingerprint density at radius 1 is 1.31 bits per heavy atom. The molecule has 13 heavy (non-hydrogen) atoms. The Labute approximate surface area is 76.7 Å². The summed E-state index contributed by atoms with van der Waals surface area (Å²) in [7, 11) is 1.38. The van der Waals surface area contributed by atoms with E-state index in [1.165, 1.54) is 14.0 Å². The minimum Gasteiger partial charge on any atom is -0.481 e. The molecule has 0 aliphatic carbocycles. The molecule has 0 rings (SSSR count). The summed E-state index contributed by atoms with van der Waals surface area (Å²) in [6.07, 6.45) is 0.108. The van der Waals surface area contributed by atoms with Gasteiger partial charge in [0.1, 0.15) is 12.2 Å². The van der Waals surface area contributed by atoms with Gasteiger partial charge in [0.2, 0.25) is 0 Å². The van der Waals surface area contributed by atoms with E-state index < -0.39 is 5.97 Å². The second-order valence-electron chi connectivity index (χ2n) is 2.20. The normalized spacial score (nSPS) is 7.92. The molecule has 5 heteroatoms. The van der Waals surface area contributed by atoms with Crippen LogP contribution in [-0.4, -0.2) is 29.9 Å². The highest BCUT2D eigenvalue weighted by Gasteiger charge is 1.98. The summed E-state index contributed by atoms with van der Waals surface area (Å²) in [5, 5.41) is 7.86. The smallest absolute Gasteiger partial charge is 0.310 e. The zero-order chi connectivity index (χ0) is 10.9. The van der Waals surface area contributed by atoms with Crippen molar-refractivity contribution in [2.75, 3.05) is 7.11 Å². The van der Waals surface area contributed by atoms with Crippen molar-refractivity contribution in [1.82, 2.24) is 0 Å². The van der Waals surface area contributed by atoms with E-state index in [-0.39, 0.29) is 18.2 Å². The Balaban J connectivity index is 0. The molecule has 0 heterocycles. The van der Waals surface area contributed by atoms with Crippen molar-refractivity contribution in [2.45, 2.75) is 26.7 Å². The highest BCUT2D eigenvalue weighted by Crippen LogP contribution is 1.77. The number of Topliss-reactive ketones (excluding diaryl/α,β-unsaturated/α-hetero) is 1. The van der Waals surface area contributed by atoms with Gasteiger partial charge < -0.3 is 9.84 Å².